The van der Waals surface area contributed by atoms with Crippen molar-refractivity contribution in [3.05, 3.63) is 61.9 Å². The maximum atomic E-state index is 11.1. The van der Waals surface area contributed by atoms with Gasteiger partial charge in [-0.1, -0.05) is 30.3 Å². The summed E-state index contributed by atoms with van der Waals surface area (Å²) in [5.74, 6) is 0. The van der Waals surface area contributed by atoms with E-state index in [1.807, 2.05) is 30.3 Å². The van der Waals surface area contributed by atoms with Crippen LogP contribution in [-0.4, -0.2) is 0 Å². The van der Waals surface area contributed by atoms with E-state index in [9.17, 15) is 9.59 Å². The van der Waals surface area contributed by atoms with Crippen molar-refractivity contribution in [1.29, 1.82) is 0 Å². The molecule has 2 aromatic carbocycles. The van der Waals surface area contributed by atoms with Gasteiger partial charge in [0.1, 0.15) is 0 Å². The quantitative estimate of drug-likeness (QED) is 0.759. The van der Waals surface area contributed by atoms with Crippen LogP contribution < -0.4 is 16.2 Å². The van der Waals surface area contributed by atoms with Crippen LogP contribution in [0.25, 0.3) is 0 Å². The van der Waals surface area contributed by atoms with E-state index < -0.39 is 5.43 Å². The molecule has 0 atom stereocenters. The van der Waals surface area contributed by atoms with Crippen LogP contribution in [0.1, 0.15) is 11.1 Å². The van der Waals surface area contributed by atoms with Gasteiger partial charge in [0.05, 0.1) is 5.69 Å². The zero-order valence-corrected chi connectivity index (χ0v) is 8.41. The molecule has 0 saturated heterocycles. The fraction of sp³-hybridized carbons (Fsp3) is 0.167. The molecular weight excluding hydrogens is 190 g/mol. The van der Waals surface area contributed by atoms with Crippen LogP contribution in [0.15, 0.2) is 39.9 Å². The van der Waals surface area contributed by atoms with Crippen LogP contribution >= 0.6 is 0 Å². The van der Waals surface area contributed by atoms with Crippen LogP contribution in [0.3, 0.4) is 0 Å². The third-order valence-corrected chi connectivity index (χ3v) is 2.46. The highest BCUT2D eigenvalue weighted by atomic mass is 16.2. The summed E-state index contributed by atoms with van der Waals surface area (Å²) in [4.78, 5) is 22.1. The first-order valence-electron chi connectivity index (χ1n) is 4.78. The summed E-state index contributed by atoms with van der Waals surface area (Å²) >= 11 is 0. The highest BCUT2D eigenvalue weighted by Crippen LogP contribution is 2.07. The van der Waals surface area contributed by atoms with Crippen molar-refractivity contribution in [3.63, 3.8) is 0 Å². The molecule has 0 unspecified atom stereocenters. The lowest BCUT2D eigenvalue weighted by molar-refractivity contribution is 1.11. The fourth-order valence-electron chi connectivity index (χ4n) is 1.50. The summed E-state index contributed by atoms with van der Waals surface area (Å²) in [5.41, 5.74) is 1.32. The molecule has 0 aliphatic heterocycles. The van der Waals surface area contributed by atoms with Crippen molar-refractivity contribution in [1.82, 2.24) is 0 Å². The Bertz CT molecular complexity index is 536. The monoisotopic (exact) mass is 201 g/mol. The second-order valence-corrected chi connectivity index (χ2v) is 3.50. The zero-order valence-electron chi connectivity index (χ0n) is 8.41. The van der Waals surface area contributed by atoms with Crippen molar-refractivity contribution >= 4 is 5.69 Å². The van der Waals surface area contributed by atoms with Crippen molar-refractivity contribution < 1.29 is 0 Å². The molecule has 2 rings (SSSR count). The molecule has 0 aliphatic carbocycles. The molecule has 0 radical (unpaired) electrons. The summed E-state index contributed by atoms with van der Waals surface area (Å²) in [6.45, 7) is 2.24. The Morgan fingerprint density at radius 1 is 1.07 bits per heavy atom. The van der Waals surface area contributed by atoms with Crippen LogP contribution in [-0.2, 0) is 6.54 Å². The molecule has 0 amide bonds. The Morgan fingerprint density at radius 2 is 1.73 bits per heavy atom. The summed E-state index contributed by atoms with van der Waals surface area (Å²) in [6, 6.07) is 9.74. The number of hydrogen-bond acceptors (Lipinski definition) is 3. The second kappa shape index (κ2) is 3.69. The van der Waals surface area contributed by atoms with Crippen molar-refractivity contribution in [2.45, 2.75) is 13.5 Å². The molecule has 3 nitrogen and oxygen atoms in total. The van der Waals surface area contributed by atoms with E-state index in [2.05, 4.69) is 5.32 Å². The maximum Gasteiger partial charge on any atom is 0.249 e. The van der Waals surface area contributed by atoms with Gasteiger partial charge in [0.25, 0.3) is 0 Å². The van der Waals surface area contributed by atoms with Gasteiger partial charge in [0.2, 0.25) is 10.9 Å². The van der Waals surface area contributed by atoms with Gasteiger partial charge in [-0.15, -0.1) is 0 Å². The normalized spacial score (nSPS) is 10.5. The molecule has 0 aromatic heterocycles. The number of anilines is 1. The average molecular weight is 201 g/mol. The SMILES string of the molecule is Cc1c(NCc2ccccc2)c(=O)c1=O. The lowest BCUT2D eigenvalue weighted by Gasteiger charge is -2.09. The van der Waals surface area contributed by atoms with Gasteiger partial charge < -0.3 is 5.32 Å². The Kier molecular flexibility index (Phi) is 2.37. The van der Waals surface area contributed by atoms with E-state index in [1.54, 1.807) is 6.92 Å². The molecule has 0 heterocycles. The summed E-state index contributed by atoms with van der Waals surface area (Å²) in [6.07, 6.45) is 0. The van der Waals surface area contributed by atoms with E-state index in [1.165, 1.54) is 0 Å². The lowest BCUT2D eigenvalue weighted by Crippen LogP contribution is -2.36. The van der Waals surface area contributed by atoms with Gasteiger partial charge in [-0.2, -0.15) is 0 Å². The molecule has 0 spiro atoms. The van der Waals surface area contributed by atoms with Gasteiger partial charge in [-0.3, -0.25) is 9.59 Å². The molecule has 0 fully saturated rings. The van der Waals surface area contributed by atoms with Gasteiger partial charge in [0, 0.05) is 12.1 Å². The van der Waals surface area contributed by atoms with E-state index in [0.29, 0.717) is 17.8 Å². The van der Waals surface area contributed by atoms with E-state index >= 15 is 0 Å². The lowest BCUT2D eigenvalue weighted by atomic mass is 10.1. The smallest absolute Gasteiger partial charge is 0.249 e. The standard InChI is InChI=1S/C12H11NO2/c1-8-10(12(15)11(8)14)13-7-9-5-3-2-4-6-9/h2-6,13H,7H2,1H3. The molecule has 76 valence electrons. The molecule has 3 heteroatoms. The number of benzene rings is 1. The minimum Gasteiger partial charge on any atom is -0.377 e. The average Bonchev–Trinajstić information content (AvgIpc) is 2.30. The van der Waals surface area contributed by atoms with E-state index in [-0.39, 0.29) is 5.43 Å². The van der Waals surface area contributed by atoms with Crippen molar-refractivity contribution in [2.75, 3.05) is 5.32 Å². The van der Waals surface area contributed by atoms with Crippen LogP contribution in [0.5, 0.6) is 0 Å². The largest absolute Gasteiger partial charge is 0.377 e. The van der Waals surface area contributed by atoms with Gasteiger partial charge >= 0.3 is 0 Å². The molecule has 0 saturated carbocycles. The highest BCUT2D eigenvalue weighted by molar-refractivity contribution is 5.55. The minimum atomic E-state index is -0.400. The highest BCUT2D eigenvalue weighted by Gasteiger charge is 2.15. The fourth-order valence-corrected chi connectivity index (χ4v) is 1.50. The van der Waals surface area contributed by atoms with E-state index in [4.69, 9.17) is 0 Å². The molecular formula is C12H11NO2. The molecule has 15 heavy (non-hydrogen) atoms. The Hall–Kier alpha value is -1.90. The van der Waals surface area contributed by atoms with Crippen LogP contribution in [0, 0.1) is 6.92 Å². The predicted octanol–water partition coefficient (Wildman–Crippen LogP) is 1.20. The Labute approximate surface area is 87.1 Å². The van der Waals surface area contributed by atoms with Crippen LogP contribution in [0.2, 0.25) is 0 Å². The minimum absolute atomic E-state index is 0.370. The van der Waals surface area contributed by atoms with Gasteiger partial charge in [-0.05, 0) is 12.5 Å². The summed E-state index contributed by atoms with van der Waals surface area (Å²) in [5, 5.41) is 2.97. The first kappa shape index (κ1) is 9.65. The second-order valence-electron chi connectivity index (χ2n) is 3.50. The third-order valence-electron chi connectivity index (χ3n) is 2.46. The number of rotatable bonds is 3. The van der Waals surface area contributed by atoms with E-state index in [0.717, 1.165) is 5.56 Å². The van der Waals surface area contributed by atoms with Crippen molar-refractivity contribution in [3.8, 4) is 0 Å². The summed E-state index contributed by atoms with van der Waals surface area (Å²) < 4.78 is 0. The third kappa shape index (κ3) is 1.68. The molecule has 1 N–H and O–H groups in total. The molecule has 2 aromatic rings. The predicted molar refractivity (Wildman–Crippen MR) is 59.9 cm³/mol. The summed E-state index contributed by atoms with van der Waals surface area (Å²) in [7, 11) is 0. The van der Waals surface area contributed by atoms with Gasteiger partial charge in [0.15, 0.2) is 0 Å². The first-order chi connectivity index (χ1) is 7.20. The number of nitrogens with one attached hydrogen (secondary N) is 1. The maximum absolute atomic E-state index is 11.1. The van der Waals surface area contributed by atoms with Gasteiger partial charge in [-0.25, -0.2) is 0 Å². The van der Waals surface area contributed by atoms with Crippen LogP contribution in [0.4, 0.5) is 5.69 Å². The zero-order chi connectivity index (χ0) is 10.8. The topological polar surface area (TPSA) is 46.2 Å². The molecule has 0 bridgehead atoms. The van der Waals surface area contributed by atoms with Crippen molar-refractivity contribution in [2.24, 2.45) is 0 Å². The number of hydrogen-bond donors (Lipinski definition) is 1. The first-order valence-corrected chi connectivity index (χ1v) is 4.78. The molecule has 0 aliphatic rings. The Balaban J connectivity index is 2.07. The Morgan fingerprint density at radius 3 is 2.33 bits per heavy atom.